The zero-order valence-electron chi connectivity index (χ0n) is 21.5. The van der Waals surface area contributed by atoms with E-state index < -0.39 is 5.91 Å². The van der Waals surface area contributed by atoms with Gasteiger partial charge in [-0.05, 0) is 41.8 Å². The fourth-order valence-electron chi connectivity index (χ4n) is 4.01. The molecule has 0 fully saturated rings. The van der Waals surface area contributed by atoms with Crippen molar-refractivity contribution in [3.63, 3.8) is 0 Å². The second-order valence-electron chi connectivity index (χ2n) is 8.85. The first-order valence-corrected chi connectivity index (χ1v) is 13.1. The van der Waals surface area contributed by atoms with Crippen LogP contribution in [0.25, 0.3) is 21.3 Å². The molecule has 0 saturated carbocycles. The number of methoxy groups -OCH3 is 1. The quantitative estimate of drug-likeness (QED) is 0.206. The van der Waals surface area contributed by atoms with E-state index in [9.17, 15) is 9.59 Å². The topological polar surface area (TPSA) is 94.8 Å². The predicted molar refractivity (Wildman–Crippen MR) is 154 cm³/mol. The molecule has 0 aliphatic carbocycles. The van der Waals surface area contributed by atoms with E-state index in [2.05, 4.69) is 15.5 Å². The second kappa shape index (κ2) is 11.7. The molecular formula is C30H26N4O4S. The lowest BCUT2D eigenvalue weighted by Crippen LogP contribution is -2.30. The van der Waals surface area contributed by atoms with Gasteiger partial charge in [0.25, 0.3) is 11.5 Å². The number of ether oxygens (including phenoxy) is 2. The smallest absolute Gasteiger partial charge is 0.263 e. The van der Waals surface area contributed by atoms with Gasteiger partial charge in [0, 0.05) is 10.9 Å². The number of carbonyl (C=O) groups excluding carboxylic acids is 1. The van der Waals surface area contributed by atoms with Gasteiger partial charge in [-0.15, -0.1) is 11.3 Å². The van der Waals surface area contributed by atoms with Gasteiger partial charge in [-0.2, -0.15) is 5.10 Å². The molecule has 0 bridgehead atoms. The minimum Gasteiger partial charge on any atom is -0.493 e. The largest absolute Gasteiger partial charge is 0.493 e. The highest BCUT2D eigenvalue weighted by Crippen LogP contribution is 2.31. The Kier molecular flexibility index (Phi) is 7.79. The lowest BCUT2D eigenvalue weighted by molar-refractivity contribution is -0.121. The molecule has 0 unspecified atom stereocenters. The number of hydrazone groups is 1. The summed E-state index contributed by atoms with van der Waals surface area (Å²) in [7, 11) is 1.56. The van der Waals surface area contributed by atoms with Gasteiger partial charge in [-0.25, -0.2) is 10.4 Å². The Morgan fingerprint density at radius 2 is 1.87 bits per heavy atom. The molecule has 1 N–H and O–H groups in total. The van der Waals surface area contributed by atoms with Crippen molar-refractivity contribution >= 4 is 33.7 Å². The molecule has 2 aromatic heterocycles. The van der Waals surface area contributed by atoms with Crippen LogP contribution in [0.5, 0.6) is 11.5 Å². The van der Waals surface area contributed by atoms with Crippen LogP contribution in [0, 0.1) is 6.92 Å². The van der Waals surface area contributed by atoms with E-state index in [0.29, 0.717) is 33.9 Å². The molecule has 1 amide bonds. The summed E-state index contributed by atoms with van der Waals surface area (Å²) in [6, 6.07) is 23.2. The number of benzene rings is 3. The number of thiophene rings is 1. The van der Waals surface area contributed by atoms with Crippen LogP contribution in [0.2, 0.25) is 0 Å². The van der Waals surface area contributed by atoms with Crippen molar-refractivity contribution < 1.29 is 14.3 Å². The van der Waals surface area contributed by atoms with E-state index in [4.69, 9.17) is 9.47 Å². The molecule has 196 valence electrons. The van der Waals surface area contributed by atoms with E-state index in [1.807, 2.05) is 73.0 Å². The molecular weight excluding hydrogens is 512 g/mol. The molecule has 5 rings (SSSR count). The highest BCUT2D eigenvalue weighted by molar-refractivity contribution is 7.17. The van der Waals surface area contributed by atoms with Gasteiger partial charge >= 0.3 is 0 Å². The van der Waals surface area contributed by atoms with Crippen LogP contribution in [0.3, 0.4) is 0 Å². The third-order valence-electron chi connectivity index (χ3n) is 6.06. The first kappa shape index (κ1) is 25.9. The molecule has 0 saturated heterocycles. The normalized spacial score (nSPS) is 11.1. The van der Waals surface area contributed by atoms with Crippen molar-refractivity contribution in [2.45, 2.75) is 20.1 Å². The summed E-state index contributed by atoms with van der Waals surface area (Å²) >= 11 is 1.40. The Hall–Kier alpha value is -4.76. The third kappa shape index (κ3) is 6.05. The van der Waals surface area contributed by atoms with E-state index in [1.54, 1.807) is 19.2 Å². The number of aryl methyl sites for hydroxylation is 1. The van der Waals surface area contributed by atoms with Crippen molar-refractivity contribution in [2.75, 3.05) is 7.11 Å². The molecule has 0 spiro atoms. The van der Waals surface area contributed by atoms with Crippen molar-refractivity contribution in [3.05, 3.63) is 112 Å². The predicted octanol–water partition coefficient (Wildman–Crippen LogP) is 5.17. The maximum atomic E-state index is 13.2. The third-order valence-corrected chi connectivity index (χ3v) is 6.95. The fraction of sp³-hybridized carbons (Fsp3) is 0.133. The van der Waals surface area contributed by atoms with Crippen LogP contribution in [0.1, 0.15) is 16.7 Å². The standard InChI is InChI=1S/C30H26N4O4S/c1-20-8-11-23(12-9-20)24-18-39-29-28(24)30(36)34(19-31-29)16-27(35)33-32-15-22-10-13-25(26(14-22)37-2)38-17-21-6-4-3-5-7-21/h3-15,18-19H,16-17H2,1-2H3,(H,33,35)/b32-15-. The van der Waals surface area contributed by atoms with Crippen LogP contribution in [0.15, 0.2) is 94.4 Å². The molecule has 9 heteroatoms. The number of carbonyl (C=O) groups is 1. The van der Waals surface area contributed by atoms with Crippen LogP contribution >= 0.6 is 11.3 Å². The van der Waals surface area contributed by atoms with Crippen LogP contribution in [-0.2, 0) is 17.9 Å². The van der Waals surface area contributed by atoms with Crippen molar-refractivity contribution in [1.82, 2.24) is 15.0 Å². The van der Waals surface area contributed by atoms with E-state index >= 15 is 0 Å². The number of fused-ring (bicyclic) bond motifs is 1. The Labute approximate surface area is 229 Å². The maximum absolute atomic E-state index is 13.2. The van der Waals surface area contributed by atoms with E-state index in [0.717, 1.165) is 22.3 Å². The minimum absolute atomic E-state index is 0.210. The molecule has 0 aliphatic heterocycles. The highest BCUT2D eigenvalue weighted by atomic mass is 32.1. The highest BCUT2D eigenvalue weighted by Gasteiger charge is 2.14. The molecule has 39 heavy (non-hydrogen) atoms. The lowest BCUT2D eigenvalue weighted by atomic mass is 10.1. The number of rotatable bonds is 9. The summed E-state index contributed by atoms with van der Waals surface area (Å²) in [6.45, 7) is 2.22. The Morgan fingerprint density at radius 1 is 1.08 bits per heavy atom. The lowest BCUT2D eigenvalue weighted by Gasteiger charge is -2.11. The first-order chi connectivity index (χ1) is 19.0. The second-order valence-corrected chi connectivity index (χ2v) is 9.71. The van der Waals surface area contributed by atoms with Gasteiger partial charge in [-0.3, -0.25) is 14.2 Å². The summed E-state index contributed by atoms with van der Waals surface area (Å²) in [6.07, 6.45) is 2.89. The summed E-state index contributed by atoms with van der Waals surface area (Å²) in [5.74, 6) is 0.701. The average Bonchev–Trinajstić information content (AvgIpc) is 3.39. The molecule has 5 aromatic rings. The first-order valence-electron chi connectivity index (χ1n) is 12.2. The molecule has 0 atom stereocenters. The maximum Gasteiger partial charge on any atom is 0.263 e. The summed E-state index contributed by atoms with van der Waals surface area (Å²) in [5.41, 5.74) is 6.84. The fourth-order valence-corrected chi connectivity index (χ4v) is 4.92. The van der Waals surface area contributed by atoms with Crippen LogP contribution in [0.4, 0.5) is 0 Å². The van der Waals surface area contributed by atoms with Gasteiger partial charge in [0.1, 0.15) is 18.0 Å². The van der Waals surface area contributed by atoms with Gasteiger partial charge in [-0.1, -0.05) is 60.2 Å². The zero-order valence-corrected chi connectivity index (χ0v) is 22.3. The Morgan fingerprint density at radius 3 is 2.64 bits per heavy atom. The van der Waals surface area contributed by atoms with Crippen molar-refractivity contribution in [2.24, 2.45) is 5.10 Å². The van der Waals surface area contributed by atoms with E-state index in [1.165, 1.54) is 28.4 Å². The van der Waals surface area contributed by atoms with Gasteiger partial charge in [0.2, 0.25) is 0 Å². The number of amides is 1. The van der Waals surface area contributed by atoms with E-state index in [-0.39, 0.29) is 12.1 Å². The van der Waals surface area contributed by atoms with Crippen molar-refractivity contribution in [3.8, 4) is 22.6 Å². The summed E-state index contributed by atoms with van der Waals surface area (Å²) in [4.78, 5) is 30.8. The van der Waals surface area contributed by atoms with Crippen LogP contribution in [-0.4, -0.2) is 28.8 Å². The van der Waals surface area contributed by atoms with Gasteiger partial charge < -0.3 is 9.47 Å². The molecule has 2 heterocycles. The summed E-state index contributed by atoms with van der Waals surface area (Å²) in [5, 5.41) is 6.46. The van der Waals surface area contributed by atoms with Gasteiger partial charge in [0.15, 0.2) is 11.5 Å². The SMILES string of the molecule is COc1cc(/C=N\NC(=O)Cn2cnc3scc(-c4ccc(C)cc4)c3c2=O)ccc1OCc1ccccc1. The molecule has 0 aliphatic rings. The summed E-state index contributed by atoms with van der Waals surface area (Å²) < 4.78 is 12.6. The van der Waals surface area contributed by atoms with Crippen LogP contribution < -0.4 is 20.5 Å². The number of aromatic nitrogens is 2. The Bertz CT molecular complexity index is 1690. The number of hydrogen-bond acceptors (Lipinski definition) is 7. The van der Waals surface area contributed by atoms with Gasteiger partial charge in [0.05, 0.1) is 25.0 Å². The molecule has 3 aromatic carbocycles. The van der Waals surface area contributed by atoms with Crippen molar-refractivity contribution in [1.29, 1.82) is 0 Å². The number of nitrogens with one attached hydrogen (secondary N) is 1. The molecule has 8 nitrogen and oxygen atoms in total. The monoisotopic (exact) mass is 538 g/mol. The minimum atomic E-state index is -0.448. The Balaban J connectivity index is 1.24. The average molecular weight is 539 g/mol. The number of nitrogens with zero attached hydrogens (tertiary/aromatic N) is 3. The zero-order chi connectivity index (χ0) is 27.2. The number of hydrogen-bond donors (Lipinski definition) is 1. The molecule has 0 radical (unpaired) electrons.